The van der Waals surface area contributed by atoms with Gasteiger partial charge in [-0.2, -0.15) is 0 Å². The van der Waals surface area contributed by atoms with Crippen LogP contribution in [0.15, 0.2) is 24.4 Å². The molecule has 1 aliphatic rings. The molecule has 1 aromatic heterocycles. The molecule has 100 valence electrons. The van der Waals surface area contributed by atoms with Gasteiger partial charge in [0.05, 0.1) is 24.3 Å². The number of piperazine rings is 1. The predicted octanol–water partition coefficient (Wildman–Crippen LogP) is 1.04. The van der Waals surface area contributed by atoms with Gasteiger partial charge in [-0.1, -0.05) is 6.07 Å². The molecule has 0 amide bonds. The van der Waals surface area contributed by atoms with Gasteiger partial charge in [0.2, 0.25) is 5.88 Å². The maximum atomic E-state index is 5.09. The Balaban J connectivity index is 1.80. The average molecular weight is 258 g/mol. The van der Waals surface area contributed by atoms with Crippen molar-refractivity contribution in [2.45, 2.75) is 6.54 Å². The molecule has 5 heteroatoms. The van der Waals surface area contributed by atoms with Crippen LogP contribution in [0.25, 0.3) is 11.0 Å². The summed E-state index contributed by atoms with van der Waals surface area (Å²) in [6.07, 6.45) is 1.66. The van der Waals surface area contributed by atoms with Crippen molar-refractivity contribution in [3.8, 4) is 5.88 Å². The lowest BCUT2D eigenvalue weighted by Crippen LogP contribution is -2.42. The van der Waals surface area contributed by atoms with Crippen LogP contribution in [0.1, 0.15) is 5.56 Å². The topological polar surface area (TPSA) is 50.3 Å². The minimum Gasteiger partial charge on any atom is -0.480 e. The second-order valence-electron chi connectivity index (χ2n) is 4.76. The highest BCUT2D eigenvalue weighted by atomic mass is 16.5. The summed E-state index contributed by atoms with van der Waals surface area (Å²) in [7, 11) is 1.61. The molecule has 5 nitrogen and oxygen atoms in total. The lowest BCUT2D eigenvalue weighted by Gasteiger charge is -2.27. The van der Waals surface area contributed by atoms with Gasteiger partial charge in [0, 0.05) is 32.7 Å². The average Bonchev–Trinajstić information content (AvgIpc) is 2.48. The van der Waals surface area contributed by atoms with Crippen molar-refractivity contribution in [3.05, 3.63) is 30.0 Å². The van der Waals surface area contributed by atoms with Gasteiger partial charge in [-0.15, -0.1) is 0 Å². The number of rotatable bonds is 3. The fraction of sp³-hybridized carbons (Fsp3) is 0.429. The first-order valence-electron chi connectivity index (χ1n) is 6.58. The molecule has 1 fully saturated rings. The largest absolute Gasteiger partial charge is 0.480 e. The molecule has 1 N–H and O–H groups in total. The Morgan fingerprint density at radius 2 is 2.11 bits per heavy atom. The Morgan fingerprint density at radius 1 is 1.26 bits per heavy atom. The molecule has 1 saturated heterocycles. The van der Waals surface area contributed by atoms with E-state index in [-0.39, 0.29) is 0 Å². The lowest BCUT2D eigenvalue weighted by atomic mass is 10.1. The number of hydrogen-bond donors (Lipinski definition) is 1. The van der Waals surface area contributed by atoms with Gasteiger partial charge in [0.15, 0.2) is 0 Å². The van der Waals surface area contributed by atoms with Crippen molar-refractivity contribution in [1.29, 1.82) is 0 Å². The molecule has 0 atom stereocenters. The molecule has 0 unspecified atom stereocenters. The van der Waals surface area contributed by atoms with Crippen molar-refractivity contribution in [3.63, 3.8) is 0 Å². The Bertz CT molecular complexity index is 566. The highest BCUT2D eigenvalue weighted by molar-refractivity contribution is 5.75. The van der Waals surface area contributed by atoms with E-state index in [9.17, 15) is 0 Å². The van der Waals surface area contributed by atoms with E-state index in [1.165, 1.54) is 5.56 Å². The number of nitrogens with one attached hydrogen (secondary N) is 1. The summed E-state index contributed by atoms with van der Waals surface area (Å²) in [6.45, 7) is 5.33. The van der Waals surface area contributed by atoms with Gasteiger partial charge >= 0.3 is 0 Å². The van der Waals surface area contributed by atoms with E-state index in [1.807, 2.05) is 6.07 Å². The molecule has 0 radical (unpaired) electrons. The van der Waals surface area contributed by atoms with E-state index >= 15 is 0 Å². The number of benzene rings is 1. The highest BCUT2D eigenvalue weighted by Gasteiger charge is 2.10. The van der Waals surface area contributed by atoms with E-state index < -0.39 is 0 Å². The molecule has 0 spiro atoms. The van der Waals surface area contributed by atoms with Crippen LogP contribution in [-0.2, 0) is 6.54 Å². The maximum absolute atomic E-state index is 5.09. The van der Waals surface area contributed by atoms with Crippen LogP contribution in [-0.4, -0.2) is 48.2 Å². The van der Waals surface area contributed by atoms with Crippen LogP contribution in [0.4, 0.5) is 0 Å². The third-order valence-electron chi connectivity index (χ3n) is 3.41. The number of methoxy groups -OCH3 is 1. The minimum atomic E-state index is 0.558. The number of nitrogens with zero attached hydrogens (tertiary/aromatic N) is 3. The van der Waals surface area contributed by atoms with Gasteiger partial charge < -0.3 is 10.1 Å². The Labute approximate surface area is 112 Å². The second kappa shape index (κ2) is 5.50. The van der Waals surface area contributed by atoms with Crippen molar-refractivity contribution >= 4 is 11.0 Å². The molecular formula is C14H18N4O. The van der Waals surface area contributed by atoms with Gasteiger partial charge in [-0.05, 0) is 17.7 Å². The summed E-state index contributed by atoms with van der Waals surface area (Å²) in [6, 6.07) is 6.25. The zero-order chi connectivity index (χ0) is 13.1. The van der Waals surface area contributed by atoms with Gasteiger partial charge in [-0.3, -0.25) is 4.90 Å². The first-order valence-corrected chi connectivity index (χ1v) is 6.58. The third kappa shape index (κ3) is 2.83. The molecular weight excluding hydrogens is 240 g/mol. The Morgan fingerprint density at radius 3 is 2.89 bits per heavy atom. The summed E-state index contributed by atoms with van der Waals surface area (Å²) in [5, 5.41) is 3.36. The normalized spacial score (nSPS) is 16.7. The summed E-state index contributed by atoms with van der Waals surface area (Å²) >= 11 is 0. The quantitative estimate of drug-likeness (QED) is 0.891. The Kier molecular flexibility index (Phi) is 3.57. The number of fused-ring (bicyclic) bond motifs is 1. The SMILES string of the molecule is COc1cnc2cc(CN3CCNCC3)ccc2n1. The Hall–Kier alpha value is -1.72. The van der Waals surface area contributed by atoms with E-state index in [1.54, 1.807) is 13.3 Å². The van der Waals surface area contributed by atoms with Crippen LogP contribution in [0.2, 0.25) is 0 Å². The molecule has 3 rings (SSSR count). The van der Waals surface area contributed by atoms with Crippen LogP contribution >= 0.6 is 0 Å². The van der Waals surface area contributed by atoms with Gasteiger partial charge in [-0.25, -0.2) is 9.97 Å². The predicted molar refractivity (Wildman–Crippen MR) is 74.2 cm³/mol. The fourth-order valence-corrected chi connectivity index (χ4v) is 2.36. The molecule has 2 aromatic rings. The van der Waals surface area contributed by atoms with Gasteiger partial charge in [0.25, 0.3) is 0 Å². The number of hydrogen-bond acceptors (Lipinski definition) is 5. The zero-order valence-electron chi connectivity index (χ0n) is 11.1. The minimum absolute atomic E-state index is 0.558. The van der Waals surface area contributed by atoms with E-state index in [0.29, 0.717) is 5.88 Å². The van der Waals surface area contributed by atoms with Crippen LogP contribution in [0.5, 0.6) is 5.88 Å². The molecule has 0 bridgehead atoms. The van der Waals surface area contributed by atoms with Crippen LogP contribution < -0.4 is 10.1 Å². The van der Waals surface area contributed by atoms with Crippen LogP contribution in [0.3, 0.4) is 0 Å². The van der Waals surface area contributed by atoms with E-state index in [4.69, 9.17) is 4.74 Å². The first kappa shape index (κ1) is 12.3. The van der Waals surface area contributed by atoms with E-state index in [2.05, 4.69) is 32.3 Å². The smallest absolute Gasteiger partial charge is 0.232 e. The van der Waals surface area contributed by atoms with Crippen molar-refractivity contribution in [1.82, 2.24) is 20.2 Å². The molecule has 0 aliphatic carbocycles. The summed E-state index contributed by atoms with van der Waals surface area (Å²) in [5.74, 6) is 0.558. The maximum Gasteiger partial charge on any atom is 0.232 e. The van der Waals surface area contributed by atoms with E-state index in [0.717, 1.165) is 43.8 Å². The zero-order valence-corrected chi connectivity index (χ0v) is 11.1. The lowest BCUT2D eigenvalue weighted by molar-refractivity contribution is 0.233. The number of aromatic nitrogens is 2. The fourth-order valence-electron chi connectivity index (χ4n) is 2.36. The first-order chi connectivity index (χ1) is 9.35. The monoisotopic (exact) mass is 258 g/mol. The summed E-state index contributed by atoms with van der Waals surface area (Å²) in [5.41, 5.74) is 3.09. The molecule has 1 aromatic carbocycles. The molecule has 2 heterocycles. The second-order valence-corrected chi connectivity index (χ2v) is 4.76. The standard InChI is InChI=1S/C14H18N4O/c1-19-14-9-16-13-8-11(2-3-12(13)17-14)10-18-6-4-15-5-7-18/h2-3,8-9,15H,4-7,10H2,1H3. The van der Waals surface area contributed by atoms with Crippen molar-refractivity contribution in [2.75, 3.05) is 33.3 Å². The van der Waals surface area contributed by atoms with Crippen molar-refractivity contribution in [2.24, 2.45) is 0 Å². The van der Waals surface area contributed by atoms with Crippen LogP contribution in [0, 0.1) is 0 Å². The third-order valence-corrected chi connectivity index (χ3v) is 3.41. The number of ether oxygens (including phenoxy) is 1. The molecule has 19 heavy (non-hydrogen) atoms. The van der Waals surface area contributed by atoms with Gasteiger partial charge in [0.1, 0.15) is 0 Å². The molecule has 0 saturated carbocycles. The highest BCUT2D eigenvalue weighted by Crippen LogP contribution is 2.16. The summed E-state index contributed by atoms with van der Waals surface area (Å²) in [4.78, 5) is 11.2. The summed E-state index contributed by atoms with van der Waals surface area (Å²) < 4.78 is 5.09. The van der Waals surface area contributed by atoms with Crippen molar-refractivity contribution < 1.29 is 4.74 Å². The molecule has 1 aliphatic heterocycles.